The van der Waals surface area contributed by atoms with Gasteiger partial charge in [0.1, 0.15) is 5.00 Å². The third-order valence-corrected chi connectivity index (χ3v) is 7.81. The first-order valence-corrected chi connectivity index (χ1v) is 12.3. The SMILES string of the molecule is CCOC(=O)c1c(NC(=O)c2cc(-c3ccc(C)s3)nc3ccccc23)sc2c1CCC2. The molecule has 3 aromatic heterocycles. The molecule has 0 bridgehead atoms. The molecule has 32 heavy (non-hydrogen) atoms. The second-order valence-corrected chi connectivity index (χ2v) is 10.1. The van der Waals surface area contributed by atoms with Crippen LogP contribution in [0, 0.1) is 6.92 Å². The molecule has 1 N–H and O–H groups in total. The number of anilines is 1. The van der Waals surface area contributed by atoms with Crippen LogP contribution in [0.5, 0.6) is 0 Å². The summed E-state index contributed by atoms with van der Waals surface area (Å²) in [5.41, 5.74) is 3.62. The number of ether oxygens (including phenoxy) is 1. The van der Waals surface area contributed by atoms with Crippen molar-refractivity contribution in [3.8, 4) is 10.6 Å². The monoisotopic (exact) mass is 462 g/mol. The first-order valence-electron chi connectivity index (χ1n) is 10.6. The smallest absolute Gasteiger partial charge is 0.341 e. The van der Waals surface area contributed by atoms with E-state index in [9.17, 15) is 9.59 Å². The van der Waals surface area contributed by atoms with Crippen LogP contribution in [-0.4, -0.2) is 23.5 Å². The lowest BCUT2D eigenvalue weighted by atomic mass is 10.1. The van der Waals surface area contributed by atoms with Gasteiger partial charge < -0.3 is 10.1 Å². The zero-order chi connectivity index (χ0) is 22.2. The lowest BCUT2D eigenvalue weighted by Gasteiger charge is -2.11. The number of amides is 1. The van der Waals surface area contributed by atoms with Gasteiger partial charge in [0.25, 0.3) is 5.91 Å². The van der Waals surface area contributed by atoms with Crippen molar-refractivity contribution >= 4 is 50.5 Å². The standard InChI is InChI=1S/C25H22N2O3S2/c1-3-30-25(29)22-16-8-6-10-20(16)32-24(22)27-23(28)17-13-19(21-12-11-14(2)31-21)26-18-9-5-4-7-15(17)18/h4-5,7,9,11-13H,3,6,8,10H2,1-2H3,(H,27,28). The third kappa shape index (κ3) is 3.72. The first-order chi connectivity index (χ1) is 15.5. The van der Waals surface area contributed by atoms with Crippen LogP contribution in [0.2, 0.25) is 0 Å². The van der Waals surface area contributed by atoms with Crippen molar-refractivity contribution in [1.82, 2.24) is 4.98 Å². The van der Waals surface area contributed by atoms with Gasteiger partial charge in [0, 0.05) is 15.1 Å². The van der Waals surface area contributed by atoms with Crippen molar-refractivity contribution in [2.75, 3.05) is 11.9 Å². The van der Waals surface area contributed by atoms with Gasteiger partial charge in [-0.2, -0.15) is 0 Å². The number of nitrogens with one attached hydrogen (secondary N) is 1. The lowest BCUT2D eigenvalue weighted by molar-refractivity contribution is 0.0527. The number of hydrogen-bond acceptors (Lipinski definition) is 6. The molecular formula is C25H22N2O3S2. The molecule has 4 aromatic rings. The number of benzene rings is 1. The van der Waals surface area contributed by atoms with E-state index in [2.05, 4.69) is 18.3 Å². The minimum Gasteiger partial charge on any atom is -0.462 e. The fraction of sp³-hybridized carbons (Fsp3) is 0.240. The van der Waals surface area contributed by atoms with Gasteiger partial charge in [-0.1, -0.05) is 18.2 Å². The highest BCUT2D eigenvalue weighted by Crippen LogP contribution is 2.40. The number of fused-ring (bicyclic) bond motifs is 2. The normalized spacial score (nSPS) is 12.7. The molecule has 0 unspecified atom stereocenters. The van der Waals surface area contributed by atoms with Crippen LogP contribution < -0.4 is 5.32 Å². The second kappa shape index (κ2) is 8.48. The average molecular weight is 463 g/mol. The van der Waals surface area contributed by atoms with Crippen molar-refractivity contribution in [3.63, 3.8) is 0 Å². The van der Waals surface area contributed by atoms with Crippen molar-refractivity contribution in [2.24, 2.45) is 0 Å². The van der Waals surface area contributed by atoms with E-state index in [1.165, 1.54) is 16.2 Å². The highest BCUT2D eigenvalue weighted by molar-refractivity contribution is 7.17. The number of hydrogen-bond donors (Lipinski definition) is 1. The number of esters is 1. The Hall–Kier alpha value is -3.03. The van der Waals surface area contributed by atoms with Gasteiger partial charge in [-0.05, 0) is 62.9 Å². The molecule has 7 heteroatoms. The number of rotatable bonds is 5. The summed E-state index contributed by atoms with van der Waals surface area (Å²) in [5.74, 6) is -0.611. The Kier molecular flexibility index (Phi) is 5.53. The topological polar surface area (TPSA) is 68.3 Å². The maximum absolute atomic E-state index is 13.5. The predicted molar refractivity (Wildman–Crippen MR) is 130 cm³/mol. The van der Waals surface area contributed by atoms with Crippen LogP contribution in [0.25, 0.3) is 21.5 Å². The highest BCUT2D eigenvalue weighted by Gasteiger charge is 2.29. The zero-order valence-electron chi connectivity index (χ0n) is 17.9. The Morgan fingerprint density at radius 1 is 1.12 bits per heavy atom. The minimum atomic E-state index is -0.364. The Labute approximate surface area is 194 Å². The molecule has 1 aliphatic carbocycles. The van der Waals surface area contributed by atoms with Crippen LogP contribution >= 0.6 is 22.7 Å². The van der Waals surface area contributed by atoms with Gasteiger partial charge in [0.05, 0.1) is 33.8 Å². The molecule has 1 aromatic carbocycles. The molecule has 0 spiro atoms. The van der Waals surface area contributed by atoms with E-state index < -0.39 is 0 Å². The molecule has 0 saturated heterocycles. The molecule has 1 aliphatic rings. The van der Waals surface area contributed by atoms with Gasteiger partial charge >= 0.3 is 5.97 Å². The Morgan fingerprint density at radius 3 is 2.75 bits per heavy atom. The van der Waals surface area contributed by atoms with E-state index in [1.54, 1.807) is 18.3 Å². The van der Waals surface area contributed by atoms with Crippen molar-refractivity contribution in [1.29, 1.82) is 0 Å². The van der Waals surface area contributed by atoms with Crippen molar-refractivity contribution < 1.29 is 14.3 Å². The quantitative estimate of drug-likeness (QED) is 0.356. The van der Waals surface area contributed by atoms with Crippen LogP contribution in [0.1, 0.15) is 49.4 Å². The highest BCUT2D eigenvalue weighted by atomic mass is 32.1. The Balaban J connectivity index is 1.57. The number of aromatic nitrogens is 1. The van der Waals surface area contributed by atoms with E-state index in [4.69, 9.17) is 9.72 Å². The van der Waals surface area contributed by atoms with Gasteiger partial charge in [-0.25, -0.2) is 9.78 Å². The minimum absolute atomic E-state index is 0.247. The fourth-order valence-corrected chi connectivity index (χ4v) is 6.24. The average Bonchev–Trinajstić information content (AvgIpc) is 3.49. The second-order valence-electron chi connectivity index (χ2n) is 7.72. The molecule has 1 amide bonds. The van der Waals surface area contributed by atoms with Crippen LogP contribution in [-0.2, 0) is 17.6 Å². The number of para-hydroxylation sites is 1. The zero-order valence-corrected chi connectivity index (χ0v) is 19.5. The van der Waals surface area contributed by atoms with Crippen LogP contribution in [0.3, 0.4) is 0 Å². The lowest BCUT2D eigenvalue weighted by Crippen LogP contribution is -2.16. The molecule has 0 atom stereocenters. The van der Waals surface area contributed by atoms with Crippen molar-refractivity contribution in [2.45, 2.75) is 33.1 Å². The summed E-state index contributed by atoms with van der Waals surface area (Å²) in [4.78, 5) is 34.3. The third-order valence-electron chi connectivity index (χ3n) is 5.58. The van der Waals surface area contributed by atoms with E-state index in [0.29, 0.717) is 22.7 Å². The largest absolute Gasteiger partial charge is 0.462 e. The number of carbonyl (C=O) groups is 2. The summed E-state index contributed by atoms with van der Waals surface area (Å²) in [6.07, 6.45) is 2.80. The molecular weight excluding hydrogens is 440 g/mol. The van der Waals surface area contributed by atoms with E-state index >= 15 is 0 Å². The summed E-state index contributed by atoms with van der Waals surface area (Å²) in [6.45, 7) is 4.14. The number of aryl methyl sites for hydroxylation is 2. The van der Waals surface area contributed by atoms with Crippen LogP contribution in [0.4, 0.5) is 5.00 Å². The molecule has 5 nitrogen and oxygen atoms in total. The van der Waals surface area contributed by atoms with E-state index in [1.807, 2.05) is 36.4 Å². The predicted octanol–water partition coefficient (Wildman–Crippen LogP) is 6.25. The van der Waals surface area contributed by atoms with Gasteiger partial charge in [0.2, 0.25) is 0 Å². The molecule has 0 fully saturated rings. The fourth-order valence-electron chi connectivity index (χ4n) is 4.14. The summed E-state index contributed by atoms with van der Waals surface area (Å²) in [7, 11) is 0. The molecule has 0 saturated carbocycles. The first kappa shape index (κ1) is 20.8. The van der Waals surface area contributed by atoms with Crippen LogP contribution in [0.15, 0.2) is 42.5 Å². The molecule has 0 radical (unpaired) electrons. The van der Waals surface area contributed by atoms with E-state index in [-0.39, 0.29) is 11.9 Å². The number of thiophene rings is 2. The molecule has 5 rings (SSSR count). The summed E-state index contributed by atoms with van der Waals surface area (Å²) in [5, 5.41) is 4.38. The maximum atomic E-state index is 13.5. The van der Waals surface area contributed by atoms with Gasteiger partial charge in [-0.3, -0.25) is 4.79 Å². The summed E-state index contributed by atoms with van der Waals surface area (Å²) >= 11 is 3.14. The molecule has 0 aliphatic heterocycles. The Morgan fingerprint density at radius 2 is 1.97 bits per heavy atom. The number of pyridine rings is 1. The summed E-state index contributed by atoms with van der Waals surface area (Å²) in [6, 6.07) is 13.6. The number of carbonyl (C=O) groups excluding carboxylic acids is 2. The van der Waals surface area contributed by atoms with E-state index in [0.717, 1.165) is 51.2 Å². The van der Waals surface area contributed by atoms with Crippen molar-refractivity contribution in [3.05, 3.63) is 68.9 Å². The number of nitrogens with zero attached hydrogens (tertiary/aromatic N) is 1. The van der Waals surface area contributed by atoms with Gasteiger partial charge in [-0.15, -0.1) is 22.7 Å². The molecule has 162 valence electrons. The maximum Gasteiger partial charge on any atom is 0.341 e. The Bertz CT molecular complexity index is 1350. The molecule has 3 heterocycles. The summed E-state index contributed by atoms with van der Waals surface area (Å²) < 4.78 is 5.30. The van der Waals surface area contributed by atoms with Gasteiger partial charge in [0.15, 0.2) is 0 Å².